The van der Waals surface area contributed by atoms with Gasteiger partial charge in [0.25, 0.3) is 5.91 Å². The van der Waals surface area contributed by atoms with E-state index in [4.69, 9.17) is 4.74 Å². The summed E-state index contributed by atoms with van der Waals surface area (Å²) in [7, 11) is 0. The van der Waals surface area contributed by atoms with Crippen LogP contribution >= 0.6 is 11.8 Å². The summed E-state index contributed by atoms with van der Waals surface area (Å²) in [6.45, 7) is 1.22. The second-order valence-corrected chi connectivity index (χ2v) is 11.3. The summed E-state index contributed by atoms with van der Waals surface area (Å²) in [6.07, 6.45) is -1.59. The van der Waals surface area contributed by atoms with Crippen molar-refractivity contribution >= 4 is 34.3 Å². The molecular formula is C27H26F6N5O2S+. The zero-order valence-electron chi connectivity index (χ0n) is 21.7. The van der Waals surface area contributed by atoms with Gasteiger partial charge in [-0.2, -0.15) is 30.9 Å². The maximum absolute atomic E-state index is 13.8. The number of carbonyl (C=O) groups excluding carboxylic acids is 1. The molecule has 1 aromatic carbocycles. The number of para-hydroxylation sites is 1. The minimum atomic E-state index is -4.81. The number of ether oxygens (including phenoxy) is 1. The summed E-state index contributed by atoms with van der Waals surface area (Å²) in [4.78, 5) is 20.4. The number of quaternary nitrogens is 1. The van der Waals surface area contributed by atoms with Gasteiger partial charge in [-0.05, 0) is 18.2 Å². The van der Waals surface area contributed by atoms with Gasteiger partial charge in [0.1, 0.15) is 29.7 Å². The zero-order valence-corrected chi connectivity index (χ0v) is 22.5. The Morgan fingerprint density at radius 2 is 1.85 bits per heavy atom. The predicted octanol–water partition coefficient (Wildman–Crippen LogP) is 4.93. The molecule has 6 rings (SSSR count). The summed E-state index contributed by atoms with van der Waals surface area (Å²) < 4.78 is 85.1. The molecule has 2 saturated heterocycles. The first-order chi connectivity index (χ1) is 19.4. The first-order valence-electron chi connectivity index (χ1n) is 13.0. The van der Waals surface area contributed by atoms with E-state index in [1.54, 1.807) is 16.7 Å². The monoisotopic (exact) mass is 598 g/mol. The Kier molecular flexibility index (Phi) is 6.97. The number of halogens is 6. The Bertz CT molecular complexity index is 1460. The van der Waals surface area contributed by atoms with Crippen LogP contribution in [0.2, 0.25) is 0 Å². The number of anilines is 1. The Balaban J connectivity index is 1.25. The van der Waals surface area contributed by atoms with Crippen molar-refractivity contribution < 1.29 is 40.5 Å². The molecule has 1 amide bonds. The van der Waals surface area contributed by atoms with Crippen LogP contribution in [-0.4, -0.2) is 89.1 Å². The van der Waals surface area contributed by atoms with Gasteiger partial charge < -0.3 is 14.5 Å². The van der Waals surface area contributed by atoms with E-state index in [-0.39, 0.29) is 28.2 Å². The van der Waals surface area contributed by atoms with Crippen molar-refractivity contribution in [2.24, 2.45) is 0 Å². The molecule has 0 bridgehead atoms. The maximum Gasteiger partial charge on any atom is 0.433 e. The summed E-state index contributed by atoms with van der Waals surface area (Å²) in [5.41, 5.74) is 0.451. The molecule has 41 heavy (non-hydrogen) atoms. The Morgan fingerprint density at radius 1 is 1.07 bits per heavy atom. The Hall–Kier alpha value is -3.23. The minimum Gasteiger partial charge on any atom is -0.482 e. The molecule has 0 spiro atoms. The van der Waals surface area contributed by atoms with Gasteiger partial charge in [-0.25, -0.2) is 4.98 Å². The van der Waals surface area contributed by atoms with Crippen LogP contribution in [0, 0.1) is 0 Å². The second kappa shape index (κ2) is 10.2. The number of aromatic nitrogens is 1. The molecule has 1 aromatic heterocycles. The average Bonchev–Trinajstić information content (AvgIpc) is 3.67. The lowest BCUT2D eigenvalue weighted by Crippen LogP contribution is -2.60. The van der Waals surface area contributed by atoms with E-state index < -0.39 is 24.7 Å². The number of allylic oxidation sites excluding steroid dienone is 3. The van der Waals surface area contributed by atoms with Gasteiger partial charge in [-0.15, -0.1) is 16.8 Å². The lowest BCUT2D eigenvalue weighted by molar-refractivity contribution is -0.948. The highest BCUT2D eigenvalue weighted by Crippen LogP contribution is 2.41. The van der Waals surface area contributed by atoms with Crippen LogP contribution in [0.25, 0.3) is 10.9 Å². The number of hydrogen-bond acceptors (Lipinski definition) is 6. The number of amides is 1. The molecule has 0 unspecified atom stereocenters. The maximum atomic E-state index is 13.8. The van der Waals surface area contributed by atoms with E-state index in [0.717, 1.165) is 29.6 Å². The van der Waals surface area contributed by atoms with Gasteiger partial charge in [0, 0.05) is 48.6 Å². The van der Waals surface area contributed by atoms with Crippen molar-refractivity contribution in [3.05, 3.63) is 65.7 Å². The minimum absolute atomic E-state index is 0.0290. The van der Waals surface area contributed by atoms with Crippen molar-refractivity contribution in [1.82, 2.24) is 14.9 Å². The van der Waals surface area contributed by atoms with E-state index in [1.165, 1.54) is 18.2 Å². The molecule has 0 saturated carbocycles. The number of rotatable bonds is 5. The molecule has 5 heterocycles. The molecular weight excluding hydrogens is 572 g/mol. The quantitative estimate of drug-likeness (QED) is 0.360. The second-order valence-electron chi connectivity index (χ2n) is 10.2. The fraction of sp³-hybridized carbons (Fsp3) is 0.407. The number of carbonyl (C=O) groups is 1. The van der Waals surface area contributed by atoms with Gasteiger partial charge in [0.15, 0.2) is 12.3 Å². The number of alkyl halides is 6. The predicted molar refractivity (Wildman–Crippen MR) is 142 cm³/mol. The molecule has 0 radical (unpaired) electrons. The van der Waals surface area contributed by atoms with Crippen LogP contribution in [0.5, 0.6) is 5.75 Å². The van der Waals surface area contributed by atoms with Gasteiger partial charge in [-0.3, -0.25) is 4.79 Å². The lowest BCUT2D eigenvalue weighted by Gasteiger charge is -2.44. The summed E-state index contributed by atoms with van der Waals surface area (Å²) >= 11 is 1.72. The summed E-state index contributed by atoms with van der Waals surface area (Å²) in [5, 5.41) is 2.46. The van der Waals surface area contributed by atoms with Crippen LogP contribution < -0.4 is 9.64 Å². The molecule has 4 aliphatic heterocycles. The molecule has 7 nitrogen and oxygen atoms in total. The lowest BCUT2D eigenvalue weighted by atomic mass is 10.1. The highest BCUT2D eigenvalue weighted by atomic mass is 32.2. The average molecular weight is 599 g/mol. The molecule has 1 atom stereocenters. The molecule has 218 valence electrons. The Morgan fingerprint density at radius 3 is 2.54 bits per heavy atom. The third kappa shape index (κ3) is 5.28. The molecule has 2 fully saturated rings. The van der Waals surface area contributed by atoms with Crippen LogP contribution in [0.3, 0.4) is 0 Å². The summed E-state index contributed by atoms with van der Waals surface area (Å²) in [6, 6.07) is 5.12. The normalized spacial score (nSPS) is 23.3. The van der Waals surface area contributed by atoms with Gasteiger partial charge >= 0.3 is 12.4 Å². The molecule has 2 aromatic rings. The first-order valence-corrected chi connectivity index (χ1v) is 14.2. The van der Waals surface area contributed by atoms with Crippen molar-refractivity contribution in [3.63, 3.8) is 0 Å². The van der Waals surface area contributed by atoms with Crippen LogP contribution in [0.15, 0.2) is 60.0 Å². The number of hydrogen-bond donors (Lipinski definition) is 0. The molecule has 0 N–H and O–H groups in total. The smallest absolute Gasteiger partial charge is 0.433 e. The number of benzene rings is 1. The molecule has 14 heteroatoms. The highest BCUT2D eigenvalue weighted by Gasteiger charge is 2.48. The molecule has 4 aliphatic rings. The van der Waals surface area contributed by atoms with Crippen LogP contribution in [0.4, 0.5) is 32.0 Å². The number of thioether (sulfide) groups is 1. The zero-order chi connectivity index (χ0) is 29.0. The van der Waals surface area contributed by atoms with Crippen LogP contribution in [0.1, 0.15) is 5.69 Å². The fourth-order valence-corrected chi connectivity index (χ4v) is 6.68. The van der Waals surface area contributed by atoms with Crippen LogP contribution in [-0.2, 0) is 11.0 Å². The van der Waals surface area contributed by atoms with E-state index in [9.17, 15) is 31.1 Å². The Labute approximate surface area is 235 Å². The topological polar surface area (TPSA) is 48.9 Å². The number of piperazine rings is 1. The fourth-order valence-electron chi connectivity index (χ4n) is 5.73. The van der Waals surface area contributed by atoms with Crippen molar-refractivity contribution in [1.29, 1.82) is 0 Å². The van der Waals surface area contributed by atoms with E-state index in [1.807, 2.05) is 29.3 Å². The van der Waals surface area contributed by atoms with E-state index in [2.05, 4.69) is 9.99 Å². The number of nitrogens with zero attached hydrogens (tertiary/aromatic N) is 5. The standard InChI is InChI=1S/C27H26F6N5O2S/c28-26(29,30)16-40-22-5-1-4-20-21(14-23(27(31,32)33)34-24(20)22)35-6-8-37(9-7-35)38-11-2-3-19(38)13-18(15-38)25(39)36-10-12-41-17-36/h1-5,11,13-14H,6-10,12,15-17H2/q+1/t38-/m1/s1. The van der Waals surface area contributed by atoms with Gasteiger partial charge in [0.05, 0.1) is 24.5 Å². The number of fused-ring (bicyclic) bond motifs is 2. The first kappa shape index (κ1) is 27.9. The largest absolute Gasteiger partial charge is 0.482 e. The molecule has 0 aliphatic carbocycles. The highest BCUT2D eigenvalue weighted by molar-refractivity contribution is 7.99. The number of pyridine rings is 1. The van der Waals surface area contributed by atoms with Crippen molar-refractivity contribution in [3.8, 4) is 5.75 Å². The van der Waals surface area contributed by atoms with E-state index in [0.29, 0.717) is 43.2 Å². The third-order valence-electron chi connectivity index (χ3n) is 7.66. The third-order valence-corrected chi connectivity index (χ3v) is 8.62. The van der Waals surface area contributed by atoms with Gasteiger partial charge in [0.2, 0.25) is 0 Å². The van der Waals surface area contributed by atoms with E-state index >= 15 is 0 Å². The van der Waals surface area contributed by atoms with Gasteiger partial charge in [-0.1, -0.05) is 12.1 Å². The SMILES string of the molecule is O=C(C1=CC2=CC=C[N@@+]2(N2CCN(c3cc(C(F)(F)F)nc4c(OCC(F)(F)F)cccc34)CC2)C1)N1CCSC1. The van der Waals surface area contributed by atoms with Crippen molar-refractivity contribution in [2.45, 2.75) is 12.4 Å². The van der Waals surface area contributed by atoms with Crippen molar-refractivity contribution in [2.75, 3.05) is 62.4 Å². The summed E-state index contributed by atoms with van der Waals surface area (Å²) in [5.74, 6) is 1.25.